The van der Waals surface area contributed by atoms with Gasteiger partial charge in [-0.15, -0.1) is 0 Å². The first-order valence-corrected chi connectivity index (χ1v) is 18.2. The van der Waals surface area contributed by atoms with Crippen molar-refractivity contribution in [2.24, 2.45) is 7.05 Å². The minimum Gasteiger partial charge on any atom is -0.478 e. The Morgan fingerprint density at radius 2 is 1.03 bits per heavy atom. The Labute approximate surface area is 351 Å². The third kappa shape index (κ3) is 5.76. The van der Waals surface area contributed by atoms with Crippen LogP contribution in [0, 0.1) is 0 Å². The van der Waals surface area contributed by atoms with Gasteiger partial charge in [0, 0.05) is 55.6 Å². The first kappa shape index (κ1) is 37.2. The molecule has 0 aliphatic carbocycles. The average Bonchev–Trinajstić information content (AvgIpc) is 3.93. The Bertz CT molecular complexity index is 3280. The van der Waals surface area contributed by atoms with Crippen molar-refractivity contribution in [3.05, 3.63) is 117 Å². The summed E-state index contributed by atoms with van der Waals surface area (Å²) in [5.41, 5.74) is 3.32. The van der Waals surface area contributed by atoms with Crippen LogP contribution in [0.25, 0.3) is 89.7 Å². The van der Waals surface area contributed by atoms with Crippen LogP contribution in [0.15, 0.2) is 91.0 Å². The molecule has 2 aliphatic rings. The zero-order valence-corrected chi connectivity index (χ0v) is 32.5. The minimum atomic E-state index is -1.37. The van der Waals surface area contributed by atoms with Gasteiger partial charge in [-0.05, 0) is 29.0 Å². The van der Waals surface area contributed by atoms with Crippen LogP contribution < -0.4 is 19.3 Å². The summed E-state index contributed by atoms with van der Waals surface area (Å²) in [4.78, 5) is 58.5. The fraction of sp³-hybridized carbons (Fsp3) is 0.0244. The van der Waals surface area contributed by atoms with Crippen LogP contribution in [0.2, 0.25) is 15.1 Å². The zero-order chi connectivity index (χ0) is 39.3. The summed E-state index contributed by atoms with van der Waals surface area (Å²) in [6.45, 7) is 0. The van der Waals surface area contributed by atoms with Crippen LogP contribution in [0.3, 0.4) is 0 Å². The summed E-state index contributed by atoms with van der Waals surface area (Å²) in [5, 5.41) is 21.1. The molecule has 8 bridgehead atoms. The van der Waals surface area contributed by atoms with E-state index in [1.54, 1.807) is 0 Å². The second-order valence-corrected chi connectivity index (χ2v) is 14.2. The number of benzene rings is 5. The zero-order valence-electron chi connectivity index (χ0n) is 29.3. The van der Waals surface area contributed by atoms with Gasteiger partial charge in [0.15, 0.2) is 5.75 Å². The van der Waals surface area contributed by atoms with Crippen LogP contribution in [0.4, 0.5) is 0 Å². The molecule has 0 saturated carbocycles. The Morgan fingerprint density at radius 1 is 0.586 bits per heavy atom. The molecule has 3 aromatic heterocycles. The van der Waals surface area contributed by atoms with E-state index in [9.17, 15) is 19.8 Å². The predicted octanol–water partition coefficient (Wildman–Crippen LogP) is 8.70. The Hall–Kier alpha value is -6.41. The van der Waals surface area contributed by atoms with Crippen molar-refractivity contribution < 1.29 is 46.2 Å². The number of hydrogen-bond acceptors (Lipinski definition) is 8. The SMILES string of the molecule is C[n+]1c2nc3[n-]c(nc4nc(nc5[n-]c(nc1-c1ccccc1-2)c1c(Cl)c(Oc2cc(C(=O)O)cc(C(=O)O)c2)c(Cl)c(Cl)c51)-c1ccccc1-4)c1ccccc31.[Cu+2]. The summed E-state index contributed by atoms with van der Waals surface area (Å²) in [6, 6.07) is 26.1. The molecule has 0 unspecified atom stereocenters. The number of fused-ring (bicyclic) bond motifs is 20. The van der Waals surface area contributed by atoms with E-state index in [2.05, 4.69) is 0 Å². The molecule has 2 N–H and O–H groups in total. The number of carboxylic acid groups (broad SMARTS) is 2. The number of carbonyl (C=O) groups is 2. The van der Waals surface area contributed by atoms with E-state index >= 15 is 0 Å². The molecule has 5 heterocycles. The summed E-state index contributed by atoms with van der Waals surface area (Å²) < 4.78 is 7.90. The number of ether oxygens (including phenoxy) is 1. The number of aromatic carboxylic acids is 2. The van der Waals surface area contributed by atoms with Gasteiger partial charge in [0.25, 0.3) is 0 Å². The van der Waals surface area contributed by atoms with Crippen LogP contribution in [0.5, 0.6) is 11.5 Å². The smallest absolute Gasteiger partial charge is 0.478 e. The Kier molecular flexibility index (Phi) is 8.91. The average molecular weight is 875 g/mol. The van der Waals surface area contributed by atoms with Crippen LogP contribution in [0.1, 0.15) is 20.7 Å². The minimum absolute atomic E-state index is 0. The molecule has 1 radical (unpaired) electrons. The molecular formula is C41H20Cl3CuN8O5+. The normalized spacial score (nSPS) is 11.6. The number of rotatable bonds is 4. The Balaban J connectivity index is 0.00000436. The van der Waals surface area contributed by atoms with E-state index in [1.165, 1.54) is 0 Å². The Morgan fingerprint density at radius 3 is 1.60 bits per heavy atom. The molecule has 17 heteroatoms. The number of carboxylic acids is 2. The predicted molar refractivity (Wildman–Crippen MR) is 213 cm³/mol. The van der Waals surface area contributed by atoms with Crippen LogP contribution in [-0.4, -0.2) is 47.1 Å². The first-order valence-electron chi connectivity index (χ1n) is 17.1. The molecular weight excluding hydrogens is 854 g/mol. The number of halogens is 3. The molecule has 0 atom stereocenters. The second-order valence-electron chi connectivity index (χ2n) is 13.0. The summed E-state index contributed by atoms with van der Waals surface area (Å²) in [5.74, 6) is -1.41. The van der Waals surface area contributed by atoms with Gasteiger partial charge in [0.1, 0.15) is 22.4 Å². The maximum atomic E-state index is 11.9. The van der Waals surface area contributed by atoms with Crippen molar-refractivity contribution in [3.63, 3.8) is 0 Å². The van der Waals surface area contributed by atoms with Gasteiger partial charge in [-0.25, -0.2) is 14.6 Å². The molecule has 0 fully saturated rings. The third-order valence-corrected chi connectivity index (χ3v) is 10.9. The second kappa shape index (κ2) is 13.9. The molecule has 8 aromatic rings. The molecule has 0 amide bonds. The third-order valence-electron chi connectivity index (χ3n) is 9.69. The van der Waals surface area contributed by atoms with Gasteiger partial charge in [0.2, 0.25) is 0 Å². The van der Waals surface area contributed by atoms with Crippen molar-refractivity contribution >= 4 is 90.9 Å². The van der Waals surface area contributed by atoms with E-state index in [0.717, 1.165) is 40.1 Å². The molecule has 2 aliphatic heterocycles. The molecule has 58 heavy (non-hydrogen) atoms. The van der Waals surface area contributed by atoms with Crippen LogP contribution >= 0.6 is 34.8 Å². The van der Waals surface area contributed by atoms with E-state index < -0.39 is 11.9 Å². The van der Waals surface area contributed by atoms with Gasteiger partial charge in [0.05, 0.1) is 39.9 Å². The van der Waals surface area contributed by atoms with E-state index in [0.29, 0.717) is 39.9 Å². The van der Waals surface area contributed by atoms with Gasteiger partial charge < -0.3 is 44.9 Å². The molecule has 5 aromatic carbocycles. The molecule has 13 nitrogen and oxygen atoms in total. The summed E-state index contributed by atoms with van der Waals surface area (Å²) in [7, 11) is 1.82. The first-order chi connectivity index (χ1) is 27.5. The largest absolute Gasteiger partial charge is 2.00 e. The topological polar surface area (TPSA) is 180 Å². The number of aromatic nitrogens is 8. The molecule has 0 saturated heterocycles. The van der Waals surface area contributed by atoms with Gasteiger partial charge in [-0.3, -0.25) is 4.57 Å². The van der Waals surface area contributed by atoms with Crippen molar-refractivity contribution in [1.82, 2.24) is 34.9 Å². The number of nitrogens with zero attached hydrogens (tertiary/aromatic N) is 8. The van der Waals surface area contributed by atoms with Crippen molar-refractivity contribution in [1.29, 1.82) is 0 Å². The maximum Gasteiger partial charge on any atom is 2.00 e. The maximum absolute atomic E-state index is 11.9. The fourth-order valence-electron chi connectivity index (χ4n) is 7.08. The van der Waals surface area contributed by atoms with Gasteiger partial charge in [-0.1, -0.05) is 108 Å². The van der Waals surface area contributed by atoms with E-state index in [4.69, 9.17) is 74.4 Å². The van der Waals surface area contributed by atoms with Crippen molar-refractivity contribution in [3.8, 4) is 57.1 Å². The van der Waals surface area contributed by atoms with Crippen molar-refractivity contribution in [2.75, 3.05) is 0 Å². The standard InChI is InChI=1S/C41H21Cl3N8O5.Cu/c1-52-38-24-12-6-7-13-25(24)39(52)51-37-27-26(28(42)30(44)31(29(27)43)57-19-15-17(40(53)54)14-18(16-19)41(55)56)36(49-37)48-34-21-9-3-2-8-20(21)32(46-34)45-33-22-10-4-5-11-23(22)35(47-33)50-38;/h2-16H,1H3,(H3,45,46,47,48,49,50,51,53,54,55,56);/q;+2/p-1. The quantitative estimate of drug-likeness (QED) is 0.0977. The van der Waals surface area contributed by atoms with Crippen LogP contribution in [-0.2, 0) is 24.1 Å². The fourth-order valence-corrected chi connectivity index (χ4v) is 7.93. The molecule has 285 valence electrons. The molecule has 0 spiro atoms. The van der Waals surface area contributed by atoms with E-state index in [1.807, 2.05) is 84.4 Å². The monoisotopic (exact) mass is 872 g/mol. The van der Waals surface area contributed by atoms with Crippen molar-refractivity contribution in [2.45, 2.75) is 0 Å². The van der Waals surface area contributed by atoms with Gasteiger partial charge >= 0.3 is 29.0 Å². The molecule has 10 rings (SSSR count). The summed E-state index contributed by atoms with van der Waals surface area (Å²) in [6.07, 6.45) is 0. The van der Waals surface area contributed by atoms with E-state index in [-0.39, 0.29) is 82.7 Å². The summed E-state index contributed by atoms with van der Waals surface area (Å²) >= 11 is 21.1. The number of hydrogen-bond donors (Lipinski definition) is 2. The van der Waals surface area contributed by atoms with Gasteiger partial charge in [-0.2, -0.15) is 0 Å².